The Morgan fingerprint density at radius 3 is 2.13 bits per heavy atom. The lowest BCUT2D eigenvalue weighted by Crippen LogP contribution is -2.08. The summed E-state index contributed by atoms with van der Waals surface area (Å²) in [5.41, 5.74) is 0. The highest BCUT2D eigenvalue weighted by atomic mass is 17.0. The number of nitrogens with zero attached hydrogens (tertiary/aromatic N) is 2. The molecule has 0 bridgehead atoms. The van der Waals surface area contributed by atoms with Crippen molar-refractivity contribution >= 4 is 0 Å². The van der Waals surface area contributed by atoms with Crippen LogP contribution in [0.15, 0.2) is 0 Å². The van der Waals surface area contributed by atoms with Gasteiger partial charge in [-0.25, -0.2) is 10.1 Å². The minimum absolute atomic E-state index is 0.0245. The lowest BCUT2D eigenvalue weighted by atomic mass is 10.4. The van der Waals surface area contributed by atoms with E-state index in [1.54, 1.807) is 0 Å². The normalized spacial score (nSPS) is 8.60. The molecule has 0 rings (SSSR count). The largest absolute Gasteiger partial charge is 0.379 e. The molecule has 0 aliphatic rings. The number of rotatable bonds is 7. The van der Waals surface area contributed by atoms with Gasteiger partial charge in [-0.3, -0.25) is 0 Å². The molecule has 0 atom stereocenters. The summed E-state index contributed by atoms with van der Waals surface area (Å²) in [6.07, 6.45) is 2.05. The van der Waals surface area contributed by atoms with Gasteiger partial charge in [0, 0.05) is 6.61 Å². The van der Waals surface area contributed by atoms with Gasteiger partial charge >= 0.3 is 0 Å². The molecule has 0 radical (unpaired) electrons. The molecule has 0 aliphatic carbocycles. The van der Waals surface area contributed by atoms with Gasteiger partial charge in [-0.15, -0.1) is 10.1 Å². The molecule has 0 aromatic carbocycles. The predicted octanol–water partition coefficient (Wildman–Crippen LogP) is 0.148. The van der Waals surface area contributed by atoms with Crippen LogP contribution >= 0.6 is 0 Å². The van der Waals surface area contributed by atoms with E-state index in [1.807, 2.05) is 0 Å². The van der Waals surface area contributed by atoms with E-state index in [0.29, 0.717) is 13.2 Å². The topological polar surface area (TPSA) is 131 Å². The molecular weight excluding hydrogens is 210 g/mol. The number of nitro groups is 1. The monoisotopic (exact) mass is 225 g/mol. The van der Waals surface area contributed by atoms with Crippen molar-refractivity contribution in [3.05, 3.63) is 20.2 Å². The summed E-state index contributed by atoms with van der Waals surface area (Å²) < 4.78 is 4.99. The van der Waals surface area contributed by atoms with Gasteiger partial charge < -0.3 is 9.57 Å². The minimum atomic E-state index is -1.00. The third-order valence-corrected chi connectivity index (χ3v) is 1.07. The number of hydrogen-bond acceptors (Lipinski definition) is 6. The number of ether oxygens (including phenoxy) is 1. The lowest BCUT2D eigenvalue weighted by molar-refractivity contribution is -0.758. The van der Waals surface area contributed by atoms with E-state index in [0.717, 1.165) is 12.8 Å². The summed E-state index contributed by atoms with van der Waals surface area (Å²) in [6, 6.07) is 0. The molecule has 2 N–H and O–H groups in total. The summed E-state index contributed by atoms with van der Waals surface area (Å²) in [5.74, 6) is 3.83. The number of hydrazine groups is 1. The molecule has 0 saturated carbocycles. The molecule has 0 saturated heterocycles. The van der Waals surface area contributed by atoms with Gasteiger partial charge in [-0.05, 0) is 6.42 Å². The highest BCUT2D eigenvalue weighted by Crippen LogP contribution is 1.87. The van der Waals surface area contributed by atoms with Crippen molar-refractivity contribution in [2.75, 3.05) is 19.8 Å². The predicted molar refractivity (Wildman–Crippen MR) is 49.9 cm³/mol. The fourth-order valence-electron chi connectivity index (χ4n) is 0.519. The fourth-order valence-corrected chi connectivity index (χ4v) is 0.519. The van der Waals surface area contributed by atoms with Crippen LogP contribution in [0.4, 0.5) is 0 Å². The molecule has 0 aliphatic heterocycles. The Balaban J connectivity index is 0. The van der Waals surface area contributed by atoms with Gasteiger partial charge in [0.05, 0.1) is 6.61 Å². The van der Waals surface area contributed by atoms with E-state index < -0.39 is 10.1 Å². The summed E-state index contributed by atoms with van der Waals surface area (Å²) in [4.78, 5) is 22.2. The molecule has 0 heterocycles. The van der Waals surface area contributed by atoms with E-state index in [-0.39, 0.29) is 6.61 Å². The van der Waals surface area contributed by atoms with E-state index >= 15 is 0 Å². The van der Waals surface area contributed by atoms with Crippen LogP contribution in [0.25, 0.3) is 0 Å². The zero-order chi connectivity index (χ0) is 12.1. The maximum Gasteiger partial charge on any atom is 0.294 e. The Hall–Kier alpha value is -1.64. The number of hydrogen-bond donors (Lipinski definition) is 1. The smallest absolute Gasteiger partial charge is 0.294 e. The molecule has 0 unspecified atom stereocenters. The summed E-state index contributed by atoms with van der Waals surface area (Å²) >= 11 is 0. The van der Waals surface area contributed by atoms with Gasteiger partial charge in [0.25, 0.3) is 5.09 Å². The molecule has 15 heavy (non-hydrogen) atoms. The van der Waals surface area contributed by atoms with Crippen molar-refractivity contribution in [1.82, 2.24) is 0 Å². The second-order valence-corrected chi connectivity index (χ2v) is 2.31. The maximum absolute atomic E-state index is 9.62. The van der Waals surface area contributed by atoms with Crippen molar-refractivity contribution in [2.24, 2.45) is 5.84 Å². The van der Waals surface area contributed by atoms with Crippen LogP contribution in [-0.2, 0) is 9.57 Å². The Morgan fingerprint density at radius 1 is 1.20 bits per heavy atom. The first-order valence-corrected chi connectivity index (χ1v) is 4.24. The average Bonchev–Trinajstić information content (AvgIpc) is 2.09. The second kappa shape index (κ2) is 12.4. The van der Waals surface area contributed by atoms with Crippen molar-refractivity contribution in [1.29, 1.82) is 0 Å². The SMILES string of the molecule is CCCCOCCO[N+](=O)[O-].N[N+](=O)[O-]. The van der Waals surface area contributed by atoms with Gasteiger partial charge in [0.15, 0.2) is 5.03 Å². The molecule has 0 spiro atoms. The first-order valence-electron chi connectivity index (χ1n) is 4.24. The third-order valence-electron chi connectivity index (χ3n) is 1.07. The number of nitrogens with two attached hydrogens (primary N) is 1. The quantitative estimate of drug-likeness (QED) is 0.282. The first-order chi connectivity index (χ1) is 7.00. The molecule has 0 fully saturated rings. The van der Waals surface area contributed by atoms with Crippen molar-refractivity contribution < 1.29 is 19.7 Å². The van der Waals surface area contributed by atoms with Crippen molar-refractivity contribution in [2.45, 2.75) is 19.8 Å². The molecule has 90 valence electrons. The van der Waals surface area contributed by atoms with E-state index in [2.05, 4.69) is 17.6 Å². The average molecular weight is 225 g/mol. The number of unbranched alkanes of at least 4 members (excludes halogenated alkanes) is 1. The van der Waals surface area contributed by atoms with Gasteiger partial charge in [-0.2, -0.15) is 5.84 Å². The third kappa shape index (κ3) is 32.8. The highest BCUT2D eigenvalue weighted by molar-refractivity contribution is 4.31. The Bertz CT molecular complexity index is 172. The van der Waals surface area contributed by atoms with E-state index in [1.165, 1.54) is 0 Å². The lowest BCUT2D eigenvalue weighted by Gasteiger charge is -2.00. The van der Waals surface area contributed by atoms with Crippen LogP contribution in [0.3, 0.4) is 0 Å². The minimum Gasteiger partial charge on any atom is -0.379 e. The standard InChI is InChI=1S/C6H13NO4.H2N2O2/c1-2-3-4-10-5-6-11-7(8)9;1-2(3)4/h2-6H2,1H3;1H2. The van der Waals surface area contributed by atoms with Crippen LogP contribution in [0.5, 0.6) is 0 Å². The Kier molecular flexibility index (Phi) is 13.0. The van der Waals surface area contributed by atoms with Crippen LogP contribution in [0.2, 0.25) is 0 Å². The zero-order valence-corrected chi connectivity index (χ0v) is 8.46. The van der Waals surface area contributed by atoms with Gasteiger partial charge in [-0.1, -0.05) is 13.3 Å². The molecule has 9 nitrogen and oxygen atoms in total. The summed E-state index contributed by atoms with van der Waals surface area (Å²) in [7, 11) is 0. The van der Waals surface area contributed by atoms with Crippen LogP contribution in [0, 0.1) is 20.2 Å². The molecule has 0 aromatic heterocycles. The van der Waals surface area contributed by atoms with E-state index in [4.69, 9.17) is 14.9 Å². The first kappa shape index (κ1) is 15.8. The zero-order valence-electron chi connectivity index (χ0n) is 8.46. The van der Waals surface area contributed by atoms with Crippen LogP contribution in [-0.4, -0.2) is 29.9 Å². The maximum atomic E-state index is 9.62. The summed E-state index contributed by atoms with van der Waals surface area (Å²) in [6.45, 7) is 3.02. The highest BCUT2D eigenvalue weighted by Gasteiger charge is 1.93. The van der Waals surface area contributed by atoms with Gasteiger partial charge in [0.1, 0.15) is 6.61 Å². The molecule has 0 amide bonds. The molecule has 9 heteroatoms. The van der Waals surface area contributed by atoms with Gasteiger partial charge in [0.2, 0.25) is 0 Å². The van der Waals surface area contributed by atoms with Crippen LogP contribution in [0.1, 0.15) is 19.8 Å². The van der Waals surface area contributed by atoms with Crippen molar-refractivity contribution in [3.63, 3.8) is 0 Å². The van der Waals surface area contributed by atoms with E-state index in [9.17, 15) is 10.1 Å². The molecular formula is C6H15N3O6. The van der Waals surface area contributed by atoms with Crippen LogP contribution < -0.4 is 5.84 Å². The second-order valence-electron chi connectivity index (χ2n) is 2.31. The Labute approximate surface area is 86.4 Å². The Morgan fingerprint density at radius 2 is 1.73 bits per heavy atom. The van der Waals surface area contributed by atoms with Crippen molar-refractivity contribution in [3.8, 4) is 0 Å². The summed E-state index contributed by atoms with van der Waals surface area (Å²) in [5, 5.41) is 16.4. The molecule has 0 aromatic rings. The fraction of sp³-hybridized carbons (Fsp3) is 1.00.